The summed E-state index contributed by atoms with van der Waals surface area (Å²) in [6, 6.07) is 55.0. The minimum Gasteiger partial charge on any atom is -0.264 e. The lowest BCUT2D eigenvalue weighted by Gasteiger charge is -2.22. The van der Waals surface area contributed by atoms with Crippen molar-refractivity contribution >= 4 is 21.5 Å². The van der Waals surface area contributed by atoms with E-state index in [0.717, 1.165) is 49.7 Å². The van der Waals surface area contributed by atoms with E-state index in [1.54, 1.807) is 6.20 Å². The highest BCUT2D eigenvalue weighted by atomic mass is 15.0. The van der Waals surface area contributed by atoms with E-state index in [9.17, 15) is 5.26 Å². The zero-order valence-corrected chi connectivity index (χ0v) is 30.3. The molecule has 55 heavy (non-hydrogen) atoms. The van der Waals surface area contributed by atoms with Crippen LogP contribution in [0.2, 0.25) is 0 Å². The summed E-state index contributed by atoms with van der Waals surface area (Å²) in [5.41, 5.74) is 12.6. The maximum atomic E-state index is 9.50. The highest BCUT2D eigenvalue weighted by Crippen LogP contribution is 2.51. The SMILES string of the molecule is CC1(C)c2cc(-c3cc(-c4cccnc4)cc(-c4nc(-c5ccccc5)nc(-c5ccccc5)n4)c3)ccc2-c2cc3cc4ccc(C#N)cc4cc3cc21. The van der Waals surface area contributed by atoms with Gasteiger partial charge in [-0.3, -0.25) is 4.98 Å². The van der Waals surface area contributed by atoms with Crippen molar-refractivity contribution in [3.63, 3.8) is 0 Å². The molecule has 1 aliphatic carbocycles. The van der Waals surface area contributed by atoms with Crippen LogP contribution in [0.25, 0.3) is 89.1 Å². The fourth-order valence-electron chi connectivity index (χ4n) is 8.04. The summed E-state index contributed by atoms with van der Waals surface area (Å²) in [6.45, 7) is 4.64. The molecule has 0 saturated carbocycles. The topological polar surface area (TPSA) is 75.3 Å². The second kappa shape index (κ2) is 12.7. The van der Waals surface area contributed by atoms with Crippen LogP contribution in [0.5, 0.6) is 0 Å². The number of hydrogen-bond acceptors (Lipinski definition) is 5. The van der Waals surface area contributed by atoms with E-state index in [1.807, 2.05) is 91.1 Å². The summed E-state index contributed by atoms with van der Waals surface area (Å²) < 4.78 is 0. The molecule has 0 aliphatic heterocycles. The standard InChI is InChI=1S/C50H33N5/c1-50(2)45-27-35(17-18-43(45)44-26-40-21-34-16-15-31(29-51)20-37(34)22-41(40)28-46(44)50)38-23-39(36-14-9-19-52-30-36)25-42(24-38)49-54-47(32-10-5-3-6-11-32)53-48(55-49)33-12-7-4-8-13-33/h3-28,30H,1-2H3. The molecule has 258 valence electrons. The van der Waals surface area contributed by atoms with Gasteiger partial charge >= 0.3 is 0 Å². The van der Waals surface area contributed by atoms with Gasteiger partial charge in [0.05, 0.1) is 11.6 Å². The van der Waals surface area contributed by atoms with Gasteiger partial charge in [0.15, 0.2) is 17.5 Å². The maximum Gasteiger partial charge on any atom is 0.164 e. The minimum absolute atomic E-state index is 0.231. The lowest BCUT2D eigenvalue weighted by atomic mass is 9.81. The monoisotopic (exact) mass is 703 g/mol. The number of pyridine rings is 1. The third-order valence-corrected chi connectivity index (χ3v) is 10.9. The smallest absolute Gasteiger partial charge is 0.164 e. The van der Waals surface area contributed by atoms with Crippen LogP contribution in [0.1, 0.15) is 30.5 Å². The molecule has 5 nitrogen and oxygen atoms in total. The Bertz CT molecular complexity index is 2940. The first-order valence-corrected chi connectivity index (χ1v) is 18.4. The Kier molecular flexibility index (Phi) is 7.47. The number of nitriles is 1. The first-order chi connectivity index (χ1) is 26.9. The molecule has 7 aromatic carbocycles. The molecular formula is C50H33N5. The van der Waals surface area contributed by atoms with Crippen LogP contribution in [0, 0.1) is 11.3 Å². The first-order valence-electron chi connectivity index (χ1n) is 18.4. The van der Waals surface area contributed by atoms with Crippen molar-refractivity contribution in [3.05, 3.63) is 181 Å². The second-order valence-electron chi connectivity index (χ2n) is 14.7. The lowest BCUT2D eigenvalue weighted by Crippen LogP contribution is -2.15. The fourth-order valence-corrected chi connectivity index (χ4v) is 8.04. The highest BCUT2D eigenvalue weighted by molar-refractivity contribution is 6.02. The number of benzene rings is 7. The van der Waals surface area contributed by atoms with Crippen molar-refractivity contribution in [2.24, 2.45) is 0 Å². The van der Waals surface area contributed by atoms with E-state index in [1.165, 1.54) is 33.0 Å². The quantitative estimate of drug-likeness (QED) is 0.167. The van der Waals surface area contributed by atoms with Crippen LogP contribution in [0.4, 0.5) is 0 Å². The molecule has 2 aromatic heterocycles. The summed E-state index contributed by atoms with van der Waals surface area (Å²) in [4.78, 5) is 19.5. The van der Waals surface area contributed by atoms with Gasteiger partial charge in [0.2, 0.25) is 0 Å². The van der Waals surface area contributed by atoms with E-state index in [2.05, 4.69) is 91.6 Å². The number of fused-ring (bicyclic) bond motifs is 5. The second-order valence-corrected chi connectivity index (χ2v) is 14.7. The Morgan fingerprint density at radius 3 is 1.69 bits per heavy atom. The highest BCUT2D eigenvalue weighted by Gasteiger charge is 2.36. The lowest BCUT2D eigenvalue weighted by molar-refractivity contribution is 0.661. The molecule has 1 aliphatic rings. The Morgan fingerprint density at radius 2 is 1.02 bits per heavy atom. The van der Waals surface area contributed by atoms with E-state index in [0.29, 0.717) is 23.0 Å². The molecule has 0 spiro atoms. The van der Waals surface area contributed by atoms with Crippen molar-refractivity contribution < 1.29 is 0 Å². The van der Waals surface area contributed by atoms with Crippen LogP contribution < -0.4 is 0 Å². The molecule has 9 aromatic rings. The molecule has 2 heterocycles. The van der Waals surface area contributed by atoms with Crippen molar-refractivity contribution in [2.45, 2.75) is 19.3 Å². The molecule has 0 unspecified atom stereocenters. The van der Waals surface area contributed by atoms with E-state index >= 15 is 0 Å². The zero-order valence-electron chi connectivity index (χ0n) is 30.3. The Labute approximate surface area is 319 Å². The predicted molar refractivity (Wildman–Crippen MR) is 222 cm³/mol. The molecular weight excluding hydrogens is 671 g/mol. The molecule has 0 bridgehead atoms. The summed E-state index contributed by atoms with van der Waals surface area (Å²) >= 11 is 0. The van der Waals surface area contributed by atoms with Gasteiger partial charge < -0.3 is 0 Å². The minimum atomic E-state index is -0.231. The van der Waals surface area contributed by atoms with Crippen LogP contribution in [-0.4, -0.2) is 19.9 Å². The van der Waals surface area contributed by atoms with Crippen molar-refractivity contribution in [2.75, 3.05) is 0 Å². The summed E-state index contributed by atoms with van der Waals surface area (Å²) in [5.74, 6) is 1.86. The first kappa shape index (κ1) is 32.4. The van der Waals surface area contributed by atoms with E-state index < -0.39 is 0 Å². The van der Waals surface area contributed by atoms with Gasteiger partial charge in [0, 0.05) is 40.1 Å². The van der Waals surface area contributed by atoms with Crippen LogP contribution in [0.15, 0.2) is 164 Å². The van der Waals surface area contributed by atoms with Crippen LogP contribution >= 0.6 is 0 Å². The van der Waals surface area contributed by atoms with E-state index in [4.69, 9.17) is 15.0 Å². The number of aromatic nitrogens is 4. The van der Waals surface area contributed by atoms with Crippen LogP contribution in [0.3, 0.4) is 0 Å². The number of rotatable bonds is 5. The Morgan fingerprint density at radius 1 is 0.436 bits per heavy atom. The van der Waals surface area contributed by atoms with Gasteiger partial charge in [-0.25, -0.2) is 15.0 Å². The van der Waals surface area contributed by atoms with Crippen molar-refractivity contribution in [3.8, 4) is 73.6 Å². The van der Waals surface area contributed by atoms with Gasteiger partial charge in [-0.2, -0.15) is 5.26 Å². The Hall–Kier alpha value is -7.29. The third-order valence-electron chi connectivity index (χ3n) is 10.9. The normalized spacial score (nSPS) is 12.7. The van der Waals surface area contributed by atoms with Gasteiger partial charge in [-0.1, -0.05) is 98.8 Å². The van der Waals surface area contributed by atoms with Crippen LogP contribution in [-0.2, 0) is 5.41 Å². The third kappa shape index (κ3) is 5.64. The maximum absolute atomic E-state index is 9.50. The van der Waals surface area contributed by atoms with Gasteiger partial charge in [-0.05, 0) is 127 Å². The molecule has 0 radical (unpaired) electrons. The summed E-state index contributed by atoms with van der Waals surface area (Å²) in [6.07, 6.45) is 3.70. The molecule has 0 atom stereocenters. The molecule has 0 N–H and O–H groups in total. The largest absolute Gasteiger partial charge is 0.264 e. The molecule has 10 rings (SSSR count). The van der Waals surface area contributed by atoms with Crippen molar-refractivity contribution in [1.82, 2.24) is 19.9 Å². The van der Waals surface area contributed by atoms with Gasteiger partial charge in [0.1, 0.15) is 0 Å². The molecule has 5 heteroatoms. The van der Waals surface area contributed by atoms with E-state index in [-0.39, 0.29) is 5.41 Å². The Balaban J connectivity index is 1.13. The average molecular weight is 704 g/mol. The zero-order chi connectivity index (χ0) is 37.1. The predicted octanol–water partition coefficient (Wildman–Crippen LogP) is 12.1. The summed E-state index contributed by atoms with van der Waals surface area (Å²) in [5, 5.41) is 14.1. The number of hydrogen-bond donors (Lipinski definition) is 0. The van der Waals surface area contributed by atoms with Gasteiger partial charge in [0.25, 0.3) is 0 Å². The van der Waals surface area contributed by atoms with Crippen molar-refractivity contribution in [1.29, 1.82) is 5.26 Å². The molecule has 0 saturated heterocycles. The summed E-state index contributed by atoms with van der Waals surface area (Å²) in [7, 11) is 0. The molecule has 0 amide bonds. The van der Waals surface area contributed by atoms with Gasteiger partial charge in [-0.15, -0.1) is 0 Å². The average Bonchev–Trinajstić information content (AvgIpc) is 3.46. The fraction of sp³-hybridized carbons (Fsp3) is 0.0600. The molecule has 0 fully saturated rings. The number of nitrogens with zero attached hydrogens (tertiary/aromatic N) is 5.